The molecule has 0 saturated carbocycles. The van der Waals surface area contributed by atoms with E-state index in [1.807, 2.05) is 30.1 Å². The molecule has 1 fully saturated rings. The van der Waals surface area contributed by atoms with Gasteiger partial charge in [-0.15, -0.1) is 0 Å². The van der Waals surface area contributed by atoms with Crippen molar-refractivity contribution < 1.29 is 4.79 Å². The second kappa shape index (κ2) is 4.28. The maximum Gasteiger partial charge on any atom is 0.253 e. The molecule has 1 aromatic heterocycles. The number of likely N-dealkylation sites (tertiary alicyclic amines) is 1. The van der Waals surface area contributed by atoms with Gasteiger partial charge in [0.2, 0.25) is 5.28 Å². The largest absolute Gasteiger partial charge is 0.339 e. The molecule has 0 bridgehead atoms. The molecule has 0 radical (unpaired) electrons. The van der Waals surface area contributed by atoms with Gasteiger partial charge in [0, 0.05) is 25.7 Å². The number of carbonyl (C=O) groups is 1. The van der Waals surface area contributed by atoms with E-state index in [1.54, 1.807) is 4.57 Å². The van der Waals surface area contributed by atoms with Crippen LogP contribution in [0, 0.1) is 0 Å². The molecule has 1 aromatic carbocycles. The summed E-state index contributed by atoms with van der Waals surface area (Å²) in [5, 5.41) is 0.441. The van der Waals surface area contributed by atoms with Crippen LogP contribution in [0.1, 0.15) is 23.2 Å². The fourth-order valence-corrected chi connectivity index (χ4v) is 2.59. The number of aryl methyl sites for hydroxylation is 1. The summed E-state index contributed by atoms with van der Waals surface area (Å²) in [4.78, 5) is 18.4. The highest BCUT2D eigenvalue weighted by atomic mass is 35.5. The van der Waals surface area contributed by atoms with Crippen LogP contribution in [0.15, 0.2) is 18.2 Å². The summed E-state index contributed by atoms with van der Waals surface area (Å²) >= 11 is 5.97. The molecule has 1 aliphatic heterocycles. The van der Waals surface area contributed by atoms with Crippen molar-refractivity contribution in [3.8, 4) is 0 Å². The molecule has 4 nitrogen and oxygen atoms in total. The fraction of sp³-hybridized carbons (Fsp3) is 0.385. The standard InChI is InChI=1S/C13H14ClN3O/c1-16-11-5-4-9(8-10(11)15-13(16)14)12(18)17-6-2-3-7-17/h4-5,8H,2-3,6-7H2,1H3. The van der Waals surface area contributed by atoms with Crippen molar-refractivity contribution in [1.82, 2.24) is 14.5 Å². The maximum atomic E-state index is 12.2. The molecule has 0 N–H and O–H groups in total. The molecule has 2 heterocycles. The zero-order valence-electron chi connectivity index (χ0n) is 10.2. The summed E-state index contributed by atoms with van der Waals surface area (Å²) in [5.74, 6) is 0.0937. The van der Waals surface area contributed by atoms with Crippen molar-refractivity contribution in [2.45, 2.75) is 12.8 Å². The molecular formula is C13H14ClN3O. The molecule has 5 heteroatoms. The van der Waals surface area contributed by atoms with Crippen LogP contribution in [0.2, 0.25) is 5.28 Å². The van der Waals surface area contributed by atoms with Crippen molar-refractivity contribution in [3.05, 3.63) is 29.0 Å². The third-order valence-corrected chi connectivity index (χ3v) is 3.80. The van der Waals surface area contributed by atoms with E-state index in [4.69, 9.17) is 11.6 Å². The number of fused-ring (bicyclic) bond motifs is 1. The summed E-state index contributed by atoms with van der Waals surface area (Å²) in [7, 11) is 1.86. The number of hydrogen-bond acceptors (Lipinski definition) is 2. The first-order chi connectivity index (χ1) is 8.66. The molecule has 0 aliphatic carbocycles. The molecule has 18 heavy (non-hydrogen) atoms. The van der Waals surface area contributed by atoms with E-state index in [0.29, 0.717) is 10.8 Å². The molecule has 0 spiro atoms. The van der Waals surface area contributed by atoms with E-state index in [2.05, 4.69) is 4.98 Å². The quantitative estimate of drug-likeness (QED) is 0.793. The van der Waals surface area contributed by atoms with Crippen molar-refractivity contribution in [1.29, 1.82) is 0 Å². The Balaban J connectivity index is 2.00. The predicted octanol–water partition coefficient (Wildman–Crippen LogP) is 2.46. The number of benzene rings is 1. The van der Waals surface area contributed by atoms with Crippen LogP contribution in [-0.4, -0.2) is 33.4 Å². The van der Waals surface area contributed by atoms with E-state index in [9.17, 15) is 4.79 Å². The molecule has 0 atom stereocenters. The summed E-state index contributed by atoms with van der Waals surface area (Å²) in [6, 6.07) is 5.57. The Morgan fingerprint density at radius 3 is 2.78 bits per heavy atom. The molecule has 1 aliphatic rings. The van der Waals surface area contributed by atoms with Gasteiger partial charge in [0.1, 0.15) is 0 Å². The number of hydrogen-bond donors (Lipinski definition) is 0. The number of carbonyl (C=O) groups excluding carboxylic acids is 1. The molecule has 0 unspecified atom stereocenters. The Hall–Kier alpha value is -1.55. The van der Waals surface area contributed by atoms with Gasteiger partial charge in [-0.05, 0) is 42.6 Å². The lowest BCUT2D eigenvalue weighted by atomic mass is 10.2. The van der Waals surface area contributed by atoms with Gasteiger partial charge in [0.25, 0.3) is 5.91 Å². The molecule has 1 saturated heterocycles. The molecule has 2 aromatic rings. The molecule has 3 rings (SSSR count). The minimum Gasteiger partial charge on any atom is -0.339 e. The monoisotopic (exact) mass is 263 g/mol. The van der Waals surface area contributed by atoms with E-state index >= 15 is 0 Å². The van der Waals surface area contributed by atoms with Crippen LogP contribution in [-0.2, 0) is 7.05 Å². The van der Waals surface area contributed by atoms with E-state index in [1.165, 1.54) is 0 Å². The van der Waals surface area contributed by atoms with Gasteiger partial charge in [-0.3, -0.25) is 4.79 Å². The van der Waals surface area contributed by atoms with Crippen LogP contribution in [0.25, 0.3) is 11.0 Å². The third kappa shape index (κ3) is 1.77. The highest BCUT2D eigenvalue weighted by Crippen LogP contribution is 2.21. The van der Waals surface area contributed by atoms with Crippen LogP contribution in [0.4, 0.5) is 0 Å². The number of imidazole rings is 1. The molecule has 1 amide bonds. The van der Waals surface area contributed by atoms with Gasteiger partial charge >= 0.3 is 0 Å². The van der Waals surface area contributed by atoms with Gasteiger partial charge in [0.15, 0.2) is 0 Å². The normalized spacial score (nSPS) is 15.6. The third-order valence-electron chi connectivity index (χ3n) is 3.47. The van der Waals surface area contributed by atoms with Gasteiger partial charge in [-0.2, -0.15) is 0 Å². The average molecular weight is 264 g/mol. The Labute approximate surface area is 110 Å². The van der Waals surface area contributed by atoms with Crippen LogP contribution >= 0.6 is 11.6 Å². The molecule has 94 valence electrons. The van der Waals surface area contributed by atoms with Crippen molar-refractivity contribution in [3.63, 3.8) is 0 Å². The number of aromatic nitrogens is 2. The molecular weight excluding hydrogens is 250 g/mol. The SMILES string of the molecule is Cn1c(Cl)nc2cc(C(=O)N3CCCC3)ccc21. The van der Waals surface area contributed by atoms with Gasteiger partial charge < -0.3 is 9.47 Å². The number of halogens is 1. The van der Waals surface area contributed by atoms with E-state index in [-0.39, 0.29) is 5.91 Å². The highest BCUT2D eigenvalue weighted by molar-refractivity contribution is 6.29. The first kappa shape index (κ1) is 11.5. The van der Waals surface area contributed by atoms with Gasteiger partial charge in [-0.25, -0.2) is 4.98 Å². The van der Waals surface area contributed by atoms with Gasteiger partial charge in [-0.1, -0.05) is 0 Å². The Morgan fingerprint density at radius 2 is 2.06 bits per heavy atom. The van der Waals surface area contributed by atoms with Crippen molar-refractivity contribution >= 4 is 28.5 Å². The topological polar surface area (TPSA) is 38.1 Å². The Bertz CT molecular complexity index is 614. The highest BCUT2D eigenvalue weighted by Gasteiger charge is 2.20. The lowest BCUT2D eigenvalue weighted by molar-refractivity contribution is 0.0793. The lowest BCUT2D eigenvalue weighted by Crippen LogP contribution is -2.27. The van der Waals surface area contributed by atoms with Crippen molar-refractivity contribution in [2.75, 3.05) is 13.1 Å². The maximum absolute atomic E-state index is 12.2. The summed E-state index contributed by atoms with van der Waals surface area (Å²) in [6.07, 6.45) is 2.20. The second-order valence-electron chi connectivity index (χ2n) is 4.64. The lowest BCUT2D eigenvalue weighted by Gasteiger charge is -2.14. The van der Waals surface area contributed by atoms with Crippen LogP contribution < -0.4 is 0 Å². The Kier molecular flexibility index (Phi) is 2.74. The average Bonchev–Trinajstić information content (AvgIpc) is 2.98. The zero-order valence-corrected chi connectivity index (χ0v) is 10.9. The predicted molar refractivity (Wildman–Crippen MR) is 70.9 cm³/mol. The minimum atomic E-state index is 0.0937. The first-order valence-electron chi connectivity index (χ1n) is 6.08. The van der Waals surface area contributed by atoms with E-state index < -0.39 is 0 Å². The van der Waals surface area contributed by atoms with E-state index in [0.717, 1.165) is 37.0 Å². The number of nitrogens with zero attached hydrogens (tertiary/aromatic N) is 3. The zero-order chi connectivity index (χ0) is 12.7. The Morgan fingerprint density at radius 1 is 1.33 bits per heavy atom. The van der Waals surface area contributed by atoms with Gasteiger partial charge in [0.05, 0.1) is 11.0 Å². The fourth-order valence-electron chi connectivity index (χ4n) is 2.41. The summed E-state index contributed by atoms with van der Waals surface area (Å²) < 4.78 is 1.81. The first-order valence-corrected chi connectivity index (χ1v) is 6.46. The number of amides is 1. The summed E-state index contributed by atoms with van der Waals surface area (Å²) in [6.45, 7) is 1.72. The second-order valence-corrected chi connectivity index (χ2v) is 4.98. The minimum absolute atomic E-state index is 0.0937. The van der Waals surface area contributed by atoms with Crippen LogP contribution in [0.3, 0.4) is 0 Å². The van der Waals surface area contributed by atoms with Crippen molar-refractivity contribution in [2.24, 2.45) is 7.05 Å². The number of rotatable bonds is 1. The smallest absolute Gasteiger partial charge is 0.253 e. The van der Waals surface area contributed by atoms with Crippen LogP contribution in [0.5, 0.6) is 0 Å². The summed E-state index contributed by atoms with van der Waals surface area (Å²) in [5.41, 5.74) is 2.41.